The Hall–Kier alpha value is -1.83. The second-order valence-electron chi connectivity index (χ2n) is 5.06. The van der Waals surface area contributed by atoms with Crippen LogP contribution in [-0.4, -0.2) is 0 Å². The van der Waals surface area contributed by atoms with Gasteiger partial charge >= 0.3 is 12.4 Å². The van der Waals surface area contributed by atoms with Crippen LogP contribution in [0.4, 0.5) is 26.3 Å². The first-order chi connectivity index (χ1) is 10.4. The van der Waals surface area contributed by atoms with Crippen LogP contribution < -0.4 is 11.5 Å². The first kappa shape index (κ1) is 17.5. The lowest BCUT2D eigenvalue weighted by atomic mass is 9.86. The maximum absolute atomic E-state index is 13.2. The van der Waals surface area contributed by atoms with E-state index in [2.05, 4.69) is 0 Å². The van der Waals surface area contributed by atoms with E-state index in [4.69, 9.17) is 23.1 Å². The van der Waals surface area contributed by atoms with Gasteiger partial charge in [0.1, 0.15) is 0 Å². The maximum Gasteiger partial charge on any atom is 0.416 e. The molecule has 0 spiro atoms. The van der Waals surface area contributed by atoms with Gasteiger partial charge in [0.25, 0.3) is 0 Å². The largest absolute Gasteiger partial charge is 0.416 e. The third-order valence-electron chi connectivity index (χ3n) is 3.48. The van der Waals surface area contributed by atoms with Crippen molar-refractivity contribution in [3.05, 3.63) is 57.4 Å². The van der Waals surface area contributed by atoms with Crippen LogP contribution in [0.2, 0.25) is 0 Å². The number of hydrogen-bond acceptors (Lipinski definition) is 2. The van der Waals surface area contributed by atoms with Crippen molar-refractivity contribution in [1.82, 2.24) is 0 Å². The molecule has 0 heterocycles. The number of rotatable bonds is 1. The van der Waals surface area contributed by atoms with Crippen LogP contribution >= 0.6 is 11.6 Å². The van der Waals surface area contributed by atoms with Crippen LogP contribution in [-0.2, 0) is 12.4 Å². The molecule has 0 bridgehead atoms. The molecule has 1 atom stereocenters. The number of nitrogens with two attached hydrogens (primary N) is 2. The van der Waals surface area contributed by atoms with Crippen molar-refractivity contribution < 1.29 is 26.3 Å². The fraction of sp³-hybridized carbons (Fsp3) is 0.286. The highest BCUT2D eigenvalue weighted by Crippen LogP contribution is 2.44. The molecule has 23 heavy (non-hydrogen) atoms. The molecule has 1 aromatic rings. The van der Waals surface area contributed by atoms with E-state index < -0.39 is 29.4 Å². The zero-order valence-electron chi connectivity index (χ0n) is 11.4. The standard InChI is InChI=1S/C14H11ClF6N2/c15-10-5-12(23)11(22)4-8(10)7-2-1-6(13(16,17)18)3-9(7)14(19,20)21/h1-3,5,8H,4,22-23H2. The van der Waals surface area contributed by atoms with Gasteiger partial charge in [0.05, 0.1) is 16.8 Å². The van der Waals surface area contributed by atoms with Gasteiger partial charge in [-0.05, 0) is 23.8 Å². The van der Waals surface area contributed by atoms with Gasteiger partial charge in [-0.3, -0.25) is 0 Å². The van der Waals surface area contributed by atoms with Crippen LogP contribution in [0.5, 0.6) is 0 Å². The molecule has 2 nitrogen and oxygen atoms in total. The SMILES string of the molecule is NC1=C(N)CC(c2ccc(C(F)(F)F)cc2C(F)(F)F)C(Cl)=C1. The van der Waals surface area contributed by atoms with E-state index in [-0.39, 0.29) is 34.5 Å². The predicted molar refractivity (Wildman–Crippen MR) is 73.1 cm³/mol. The number of allylic oxidation sites excluding steroid dienone is 3. The first-order valence-electron chi connectivity index (χ1n) is 6.30. The minimum absolute atomic E-state index is 0.0121. The molecule has 0 aromatic heterocycles. The maximum atomic E-state index is 13.2. The molecule has 0 amide bonds. The molecule has 0 radical (unpaired) electrons. The predicted octanol–water partition coefficient (Wildman–Crippen LogP) is 4.46. The fourth-order valence-corrected chi connectivity index (χ4v) is 2.63. The highest BCUT2D eigenvalue weighted by atomic mass is 35.5. The van der Waals surface area contributed by atoms with Crippen LogP contribution in [0, 0.1) is 0 Å². The minimum Gasteiger partial charge on any atom is -0.400 e. The van der Waals surface area contributed by atoms with Crippen molar-refractivity contribution in [2.45, 2.75) is 24.7 Å². The third-order valence-corrected chi connectivity index (χ3v) is 3.86. The molecule has 1 aliphatic rings. The second kappa shape index (κ2) is 5.67. The zero-order chi connectivity index (χ0) is 17.6. The van der Waals surface area contributed by atoms with Crippen LogP contribution in [0.1, 0.15) is 29.0 Å². The van der Waals surface area contributed by atoms with Crippen molar-refractivity contribution >= 4 is 11.6 Å². The Kier molecular flexibility index (Phi) is 4.32. The van der Waals surface area contributed by atoms with E-state index >= 15 is 0 Å². The average molecular weight is 357 g/mol. The molecule has 0 aliphatic heterocycles. The topological polar surface area (TPSA) is 52.0 Å². The van der Waals surface area contributed by atoms with Gasteiger partial charge < -0.3 is 11.5 Å². The van der Waals surface area contributed by atoms with Crippen molar-refractivity contribution in [1.29, 1.82) is 0 Å². The first-order valence-corrected chi connectivity index (χ1v) is 6.68. The molecule has 126 valence electrons. The van der Waals surface area contributed by atoms with Gasteiger partial charge in [-0.25, -0.2) is 0 Å². The molecule has 9 heteroatoms. The Labute approximate surface area is 132 Å². The van der Waals surface area contributed by atoms with Crippen LogP contribution in [0.3, 0.4) is 0 Å². The van der Waals surface area contributed by atoms with Crippen molar-refractivity contribution in [2.75, 3.05) is 0 Å². The molecule has 2 rings (SSSR count). The Balaban J connectivity index is 2.58. The summed E-state index contributed by atoms with van der Waals surface area (Å²) in [6, 6.07) is 1.45. The van der Waals surface area contributed by atoms with Gasteiger partial charge in [-0.2, -0.15) is 26.3 Å². The normalized spacial score (nSPS) is 19.8. The average Bonchev–Trinajstić information content (AvgIpc) is 2.40. The minimum atomic E-state index is -4.96. The molecule has 0 saturated carbocycles. The Morgan fingerprint density at radius 1 is 1.00 bits per heavy atom. The van der Waals surface area contributed by atoms with E-state index in [1.165, 1.54) is 6.08 Å². The Morgan fingerprint density at radius 2 is 1.61 bits per heavy atom. The molecule has 4 N–H and O–H groups in total. The fourth-order valence-electron chi connectivity index (χ4n) is 2.32. The summed E-state index contributed by atoms with van der Waals surface area (Å²) in [5.41, 5.74) is 8.27. The number of alkyl halides is 6. The summed E-state index contributed by atoms with van der Waals surface area (Å²) < 4.78 is 77.5. The van der Waals surface area contributed by atoms with Gasteiger partial charge in [-0.1, -0.05) is 17.7 Å². The molecule has 0 fully saturated rings. The Morgan fingerprint density at radius 3 is 2.13 bits per heavy atom. The second-order valence-corrected chi connectivity index (χ2v) is 5.50. The zero-order valence-corrected chi connectivity index (χ0v) is 12.2. The van der Waals surface area contributed by atoms with Crippen molar-refractivity contribution in [2.24, 2.45) is 11.5 Å². The van der Waals surface area contributed by atoms with Gasteiger partial charge in [0, 0.05) is 23.1 Å². The molecule has 1 unspecified atom stereocenters. The van der Waals surface area contributed by atoms with Gasteiger partial charge in [-0.15, -0.1) is 0 Å². The number of hydrogen-bond donors (Lipinski definition) is 2. The summed E-state index contributed by atoms with van der Waals surface area (Å²) in [5.74, 6) is -0.997. The van der Waals surface area contributed by atoms with Crippen LogP contribution in [0.15, 0.2) is 40.7 Å². The van der Waals surface area contributed by atoms with Gasteiger partial charge in [0.2, 0.25) is 0 Å². The van der Waals surface area contributed by atoms with E-state index in [0.29, 0.717) is 6.07 Å². The molecule has 1 aromatic carbocycles. The lowest BCUT2D eigenvalue weighted by Crippen LogP contribution is -2.20. The summed E-state index contributed by atoms with van der Waals surface area (Å²) in [7, 11) is 0. The number of benzene rings is 1. The monoisotopic (exact) mass is 356 g/mol. The van der Waals surface area contributed by atoms with Crippen molar-refractivity contribution in [3.8, 4) is 0 Å². The highest BCUT2D eigenvalue weighted by Gasteiger charge is 2.40. The van der Waals surface area contributed by atoms with Gasteiger partial charge in [0.15, 0.2) is 0 Å². The molecular weight excluding hydrogens is 346 g/mol. The summed E-state index contributed by atoms with van der Waals surface area (Å²) in [6.45, 7) is 0. The smallest absolute Gasteiger partial charge is 0.400 e. The summed E-state index contributed by atoms with van der Waals surface area (Å²) in [5, 5.41) is -0.0121. The quantitative estimate of drug-likeness (QED) is 0.730. The summed E-state index contributed by atoms with van der Waals surface area (Å²) in [4.78, 5) is 0. The van der Waals surface area contributed by atoms with E-state index in [1.54, 1.807) is 0 Å². The Bertz CT molecular complexity index is 687. The summed E-state index contributed by atoms with van der Waals surface area (Å²) >= 11 is 5.93. The highest BCUT2D eigenvalue weighted by molar-refractivity contribution is 6.30. The third kappa shape index (κ3) is 3.57. The molecule has 0 saturated heterocycles. The molecule has 1 aliphatic carbocycles. The lowest BCUT2D eigenvalue weighted by molar-refractivity contribution is -0.143. The molecular formula is C14H11ClF6N2. The van der Waals surface area contributed by atoms with E-state index in [1.807, 2.05) is 0 Å². The van der Waals surface area contributed by atoms with Crippen LogP contribution in [0.25, 0.3) is 0 Å². The number of halogens is 7. The van der Waals surface area contributed by atoms with E-state index in [0.717, 1.165) is 6.07 Å². The van der Waals surface area contributed by atoms with Crippen molar-refractivity contribution in [3.63, 3.8) is 0 Å². The van der Waals surface area contributed by atoms with E-state index in [9.17, 15) is 26.3 Å². The summed E-state index contributed by atoms with van der Waals surface area (Å²) in [6.07, 6.45) is -8.73. The lowest BCUT2D eigenvalue weighted by Gasteiger charge is -2.25.